The lowest BCUT2D eigenvalue weighted by molar-refractivity contribution is -0.122. The summed E-state index contributed by atoms with van der Waals surface area (Å²) < 4.78 is 10.1. The molecular formula is C27H20ClN3O7. The number of imide groups is 2. The van der Waals surface area contributed by atoms with E-state index < -0.39 is 23.8 Å². The summed E-state index contributed by atoms with van der Waals surface area (Å²) in [5.41, 5.74) is 1.19. The number of urea groups is 1. The molecule has 10 nitrogen and oxygen atoms in total. The number of methoxy groups -OCH3 is 1. The molecule has 192 valence electrons. The molecule has 0 aliphatic carbocycles. The number of carbonyl (C=O) groups excluding carboxylic acids is 5. The van der Waals surface area contributed by atoms with Crippen molar-refractivity contribution in [3.05, 3.63) is 94.5 Å². The van der Waals surface area contributed by atoms with E-state index in [0.29, 0.717) is 22.0 Å². The average molecular weight is 534 g/mol. The van der Waals surface area contributed by atoms with Crippen molar-refractivity contribution in [2.45, 2.75) is 0 Å². The number of halogens is 1. The van der Waals surface area contributed by atoms with Crippen LogP contribution in [0.3, 0.4) is 0 Å². The molecule has 11 heteroatoms. The number of esters is 1. The van der Waals surface area contributed by atoms with Crippen LogP contribution < -0.4 is 20.3 Å². The third-order valence-corrected chi connectivity index (χ3v) is 5.59. The zero-order valence-electron chi connectivity index (χ0n) is 19.9. The summed E-state index contributed by atoms with van der Waals surface area (Å²) in [6.07, 6.45) is 1.33. The Morgan fingerprint density at radius 2 is 1.61 bits per heavy atom. The van der Waals surface area contributed by atoms with E-state index in [2.05, 4.69) is 15.4 Å². The second kappa shape index (κ2) is 11.4. The van der Waals surface area contributed by atoms with E-state index in [-0.39, 0.29) is 29.3 Å². The molecule has 1 aliphatic heterocycles. The number of benzene rings is 3. The van der Waals surface area contributed by atoms with Gasteiger partial charge in [-0.1, -0.05) is 23.7 Å². The lowest BCUT2D eigenvalue weighted by Crippen LogP contribution is -2.54. The van der Waals surface area contributed by atoms with Crippen LogP contribution in [-0.4, -0.2) is 43.4 Å². The molecule has 0 atom stereocenters. The number of nitrogens with one attached hydrogen (secondary N) is 2. The summed E-state index contributed by atoms with van der Waals surface area (Å²) in [7, 11) is 1.24. The largest absolute Gasteiger partial charge is 0.484 e. The van der Waals surface area contributed by atoms with E-state index in [1.165, 1.54) is 37.5 Å². The molecule has 3 aromatic carbocycles. The number of ether oxygens (including phenoxy) is 2. The molecule has 1 fully saturated rings. The molecule has 0 aromatic heterocycles. The van der Waals surface area contributed by atoms with Crippen molar-refractivity contribution in [2.24, 2.45) is 0 Å². The van der Waals surface area contributed by atoms with Crippen molar-refractivity contribution < 1.29 is 33.4 Å². The third-order valence-electron chi connectivity index (χ3n) is 5.34. The molecule has 2 N–H and O–H groups in total. The van der Waals surface area contributed by atoms with Crippen molar-refractivity contribution in [1.82, 2.24) is 5.32 Å². The van der Waals surface area contributed by atoms with Gasteiger partial charge >= 0.3 is 12.0 Å². The topological polar surface area (TPSA) is 131 Å². The summed E-state index contributed by atoms with van der Waals surface area (Å²) >= 11 is 5.83. The first kappa shape index (κ1) is 26.1. The Morgan fingerprint density at radius 3 is 2.24 bits per heavy atom. The van der Waals surface area contributed by atoms with Gasteiger partial charge in [0, 0.05) is 10.7 Å². The molecule has 4 rings (SSSR count). The molecule has 0 bridgehead atoms. The SMILES string of the molecule is COC(=O)c1ccc(N2C(=O)NC(=O)/C(=C\c3ccc(OCC(=O)Nc4ccc(Cl)cc4)cc3)C2=O)cc1. The van der Waals surface area contributed by atoms with Gasteiger partial charge in [-0.25, -0.2) is 14.5 Å². The van der Waals surface area contributed by atoms with Crippen LogP contribution in [0.15, 0.2) is 78.4 Å². The van der Waals surface area contributed by atoms with E-state index in [0.717, 1.165) is 4.90 Å². The number of carbonyl (C=O) groups is 5. The highest BCUT2D eigenvalue weighted by Gasteiger charge is 2.36. The van der Waals surface area contributed by atoms with Gasteiger partial charge in [-0.3, -0.25) is 19.7 Å². The molecule has 0 spiro atoms. The fraction of sp³-hybridized carbons (Fsp3) is 0.0741. The summed E-state index contributed by atoms with van der Waals surface area (Å²) in [6.45, 7) is -0.240. The predicted molar refractivity (Wildman–Crippen MR) is 139 cm³/mol. The summed E-state index contributed by atoms with van der Waals surface area (Å²) in [5.74, 6) is -2.23. The highest BCUT2D eigenvalue weighted by molar-refractivity contribution is 6.39. The van der Waals surface area contributed by atoms with Crippen LogP contribution in [0.2, 0.25) is 5.02 Å². The lowest BCUT2D eigenvalue weighted by atomic mass is 10.1. The van der Waals surface area contributed by atoms with Crippen LogP contribution in [0.25, 0.3) is 6.08 Å². The molecule has 0 radical (unpaired) electrons. The van der Waals surface area contributed by atoms with Gasteiger partial charge < -0.3 is 14.8 Å². The number of nitrogens with zero attached hydrogens (tertiary/aromatic N) is 1. The van der Waals surface area contributed by atoms with E-state index in [1.807, 2.05) is 0 Å². The van der Waals surface area contributed by atoms with Gasteiger partial charge in [0.05, 0.1) is 18.4 Å². The van der Waals surface area contributed by atoms with Crippen molar-refractivity contribution in [3.8, 4) is 5.75 Å². The Morgan fingerprint density at radius 1 is 0.947 bits per heavy atom. The highest BCUT2D eigenvalue weighted by Crippen LogP contribution is 2.23. The smallest absolute Gasteiger partial charge is 0.337 e. The number of amides is 5. The summed E-state index contributed by atoms with van der Waals surface area (Å²) in [6, 6.07) is 17.6. The second-order valence-corrected chi connectivity index (χ2v) is 8.35. The third kappa shape index (κ3) is 6.05. The van der Waals surface area contributed by atoms with Gasteiger partial charge in [-0.2, -0.15) is 0 Å². The first-order valence-electron chi connectivity index (χ1n) is 11.1. The van der Waals surface area contributed by atoms with E-state index in [1.54, 1.807) is 48.5 Å². The van der Waals surface area contributed by atoms with Gasteiger partial charge in [0.15, 0.2) is 6.61 Å². The lowest BCUT2D eigenvalue weighted by Gasteiger charge is -2.26. The molecule has 1 saturated heterocycles. The number of barbiturate groups is 1. The Balaban J connectivity index is 1.43. The quantitative estimate of drug-likeness (QED) is 0.268. The highest BCUT2D eigenvalue weighted by atomic mass is 35.5. The monoisotopic (exact) mass is 533 g/mol. The van der Waals surface area contributed by atoms with Crippen LogP contribution in [0, 0.1) is 0 Å². The molecule has 1 heterocycles. The second-order valence-electron chi connectivity index (χ2n) is 7.91. The number of rotatable bonds is 7. The fourth-order valence-electron chi connectivity index (χ4n) is 3.46. The minimum absolute atomic E-state index is 0.166. The van der Waals surface area contributed by atoms with Crippen LogP contribution >= 0.6 is 11.6 Å². The number of anilines is 2. The van der Waals surface area contributed by atoms with Crippen molar-refractivity contribution in [2.75, 3.05) is 23.9 Å². The maximum atomic E-state index is 13.0. The molecule has 3 aromatic rings. The van der Waals surface area contributed by atoms with Crippen molar-refractivity contribution in [3.63, 3.8) is 0 Å². The standard InChI is InChI=1S/C27H20ClN3O7/c1-37-26(35)17-4-10-20(11-5-17)31-25(34)22(24(33)30-27(31)36)14-16-2-12-21(13-3-16)38-15-23(32)29-19-8-6-18(28)7-9-19/h2-14H,15H2,1H3,(H,29,32)(H,30,33,36)/b22-14+. The summed E-state index contributed by atoms with van der Waals surface area (Å²) in [4.78, 5) is 62.4. The maximum absolute atomic E-state index is 13.0. The van der Waals surface area contributed by atoms with E-state index in [9.17, 15) is 24.0 Å². The zero-order valence-corrected chi connectivity index (χ0v) is 20.7. The Hall–Kier alpha value is -4.96. The van der Waals surface area contributed by atoms with E-state index >= 15 is 0 Å². The van der Waals surface area contributed by atoms with Crippen LogP contribution in [0.1, 0.15) is 15.9 Å². The Kier molecular flexibility index (Phi) is 7.83. The van der Waals surface area contributed by atoms with Gasteiger partial charge in [0.1, 0.15) is 11.3 Å². The first-order chi connectivity index (χ1) is 18.2. The van der Waals surface area contributed by atoms with Gasteiger partial charge in [-0.15, -0.1) is 0 Å². The van der Waals surface area contributed by atoms with Crippen molar-refractivity contribution in [1.29, 1.82) is 0 Å². The minimum Gasteiger partial charge on any atom is -0.484 e. The molecule has 0 saturated carbocycles. The average Bonchev–Trinajstić information content (AvgIpc) is 2.91. The number of hydrogen-bond donors (Lipinski definition) is 2. The fourth-order valence-corrected chi connectivity index (χ4v) is 3.59. The Bertz CT molecular complexity index is 1430. The molecule has 38 heavy (non-hydrogen) atoms. The van der Waals surface area contributed by atoms with Gasteiger partial charge in [-0.05, 0) is 72.3 Å². The van der Waals surface area contributed by atoms with Crippen LogP contribution in [-0.2, 0) is 19.1 Å². The Labute approximate surface area is 221 Å². The summed E-state index contributed by atoms with van der Waals surface area (Å²) in [5, 5.41) is 5.36. The minimum atomic E-state index is -0.913. The van der Waals surface area contributed by atoms with Crippen LogP contribution in [0.5, 0.6) is 5.75 Å². The zero-order chi connectivity index (χ0) is 27.2. The van der Waals surface area contributed by atoms with E-state index in [4.69, 9.17) is 16.3 Å². The first-order valence-corrected chi connectivity index (χ1v) is 11.5. The molecular weight excluding hydrogens is 514 g/mol. The molecule has 1 aliphatic rings. The predicted octanol–water partition coefficient (Wildman–Crippen LogP) is 3.81. The van der Waals surface area contributed by atoms with Gasteiger partial charge in [0.2, 0.25) is 0 Å². The maximum Gasteiger partial charge on any atom is 0.337 e. The van der Waals surface area contributed by atoms with Crippen LogP contribution in [0.4, 0.5) is 16.2 Å². The number of hydrogen-bond acceptors (Lipinski definition) is 7. The normalized spacial score (nSPS) is 14.2. The van der Waals surface area contributed by atoms with Crippen molar-refractivity contribution >= 4 is 58.8 Å². The molecule has 0 unspecified atom stereocenters. The van der Waals surface area contributed by atoms with Gasteiger partial charge in [0.25, 0.3) is 17.7 Å². The molecule has 5 amide bonds.